The third-order valence-electron chi connectivity index (χ3n) is 2.88. The topological polar surface area (TPSA) is 61.4 Å². The van der Waals surface area contributed by atoms with E-state index in [9.17, 15) is 9.90 Å². The molecule has 2 aromatic carbocycles. The summed E-state index contributed by atoms with van der Waals surface area (Å²) in [5.74, 6) is 0.113. The summed E-state index contributed by atoms with van der Waals surface area (Å²) < 4.78 is 0.909. The number of carbonyl (C=O) groups is 1. The first-order chi connectivity index (χ1) is 9.60. The van der Waals surface area contributed by atoms with Crippen molar-refractivity contribution in [2.75, 3.05) is 12.4 Å². The molecule has 0 spiro atoms. The van der Waals surface area contributed by atoms with Gasteiger partial charge in [0.15, 0.2) is 0 Å². The number of rotatable bonds is 4. The predicted molar refractivity (Wildman–Crippen MR) is 83.0 cm³/mol. The van der Waals surface area contributed by atoms with Gasteiger partial charge in [0.05, 0.1) is 0 Å². The zero-order valence-corrected chi connectivity index (χ0v) is 12.6. The van der Waals surface area contributed by atoms with Gasteiger partial charge < -0.3 is 15.7 Å². The molecule has 1 amide bonds. The smallest absolute Gasteiger partial charge is 0.251 e. The summed E-state index contributed by atoms with van der Waals surface area (Å²) >= 11 is 3.37. The van der Waals surface area contributed by atoms with Crippen LogP contribution in [0.25, 0.3) is 0 Å². The van der Waals surface area contributed by atoms with E-state index < -0.39 is 0 Å². The molecule has 0 aliphatic heterocycles. The molecule has 0 bridgehead atoms. The molecular formula is C15H15BrN2O2. The van der Waals surface area contributed by atoms with Gasteiger partial charge in [-0.3, -0.25) is 4.79 Å². The highest BCUT2D eigenvalue weighted by molar-refractivity contribution is 9.10. The Bertz CT molecular complexity index is 629. The van der Waals surface area contributed by atoms with Crippen LogP contribution in [0.5, 0.6) is 5.75 Å². The molecule has 20 heavy (non-hydrogen) atoms. The maximum Gasteiger partial charge on any atom is 0.251 e. The summed E-state index contributed by atoms with van der Waals surface area (Å²) in [4.78, 5) is 11.6. The van der Waals surface area contributed by atoms with Crippen molar-refractivity contribution in [3.8, 4) is 5.75 Å². The van der Waals surface area contributed by atoms with Crippen LogP contribution in [-0.4, -0.2) is 18.1 Å². The summed E-state index contributed by atoms with van der Waals surface area (Å²) in [7, 11) is 1.60. The van der Waals surface area contributed by atoms with E-state index in [0.717, 1.165) is 15.7 Å². The molecule has 0 saturated heterocycles. The molecule has 5 heteroatoms. The minimum absolute atomic E-state index is 0.126. The Labute approximate surface area is 126 Å². The molecule has 0 aliphatic carbocycles. The summed E-state index contributed by atoms with van der Waals surface area (Å²) in [6, 6.07) is 12.5. The molecule has 0 aliphatic rings. The van der Waals surface area contributed by atoms with Crippen LogP contribution in [0, 0.1) is 0 Å². The van der Waals surface area contributed by atoms with Gasteiger partial charge >= 0.3 is 0 Å². The normalized spacial score (nSPS) is 10.1. The molecule has 0 fully saturated rings. The first-order valence-corrected chi connectivity index (χ1v) is 6.93. The van der Waals surface area contributed by atoms with Crippen molar-refractivity contribution >= 4 is 27.5 Å². The molecule has 4 nitrogen and oxygen atoms in total. The Hall–Kier alpha value is -2.01. The molecule has 0 saturated carbocycles. The zero-order valence-electron chi connectivity index (χ0n) is 11.0. The van der Waals surface area contributed by atoms with Crippen molar-refractivity contribution in [2.45, 2.75) is 6.54 Å². The fourth-order valence-corrected chi connectivity index (χ4v) is 2.22. The number of halogens is 1. The van der Waals surface area contributed by atoms with Gasteiger partial charge in [0.25, 0.3) is 5.91 Å². The largest absolute Gasteiger partial charge is 0.508 e. The summed E-state index contributed by atoms with van der Waals surface area (Å²) in [5, 5.41) is 15.5. The number of phenolic OH excluding ortho intramolecular Hbond substituents is 1. The highest BCUT2D eigenvalue weighted by atomic mass is 79.9. The number of benzene rings is 2. The molecule has 0 atom stereocenters. The van der Waals surface area contributed by atoms with Gasteiger partial charge in [-0.2, -0.15) is 0 Å². The second kappa shape index (κ2) is 6.43. The predicted octanol–water partition coefficient (Wildman–Crippen LogP) is 3.13. The first-order valence-electron chi connectivity index (χ1n) is 6.13. The van der Waals surface area contributed by atoms with Gasteiger partial charge in [-0.05, 0) is 36.4 Å². The van der Waals surface area contributed by atoms with Crippen LogP contribution in [0.3, 0.4) is 0 Å². The van der Waals surface area contributed by atoms with Crippen LogP contribution in [0.1, 0.15) is 15.9 Å². The molecule has 0 unspecified atom stereocenters. The van der Waals surface area contributed by atoms with Crippen molar-refractivity contribution in [2.24, 2.45) is 0 Å². The van der Waals surface area contributed by atoms with Gasteiger partial charge in [-0.25, -0.2) is 0 Å². The van der Waals surface area contributed by atoms with Gasteiger partial charge in [0.1, 0.15) is 5.75 Å². The SMILES string of the molecule is CNC(=O)c1cccc(NCc2cc(Br)ccc2O)c1. The summed E-state index contributed by atoms with van der Waals surface area (Å²) in [6.45, 7) is 0.475. The van der Waals surface area contributed by atoms with Gasteiger partial charge in [0.2, 0.25) is 0 Å². The number of hydrogen-bond acceptors (Lipinski definition) is 3. The van der Waals surface area contributed by atoms with Gasteiger partial charge in [-0.15, -0.1) is 0 Å². The van der Waals surface area contributed by atoms with E-state index in [1.54, 1.807) is 31.3 Å². The Balaban J connectivity index is 2.11. The molecule has 2 rings (SSSR count). The highest BCUT2D eigenvalue weighted by Crippen LogP contribution is 2.23. The van der Waals surface area contributed by atoms with Crippen molar-refractivity contribution in [1.29, 1.82) is 0 Å². The van der Waals surface area contributed by atoms with Crippen LogP contribution in [-0.2, 0) is 6.54 Å². The Morgan fingerprint density at radius 3 is 2.80 bits per heavy atom. The second-order valence-electron chi connectivity index (χ2n) is 4.29. The number of hydrogen-bond donors (Lipinski definition) is 3. The molecule has 0 heterocycles. The van der Waals surface area contributed by atoms with Crippen LogP contribution in [0.4, 0.5) is 5.69 Å². The summed E-state index contributed by atoms with van der Waals surface area (Å²) in [6.07, 6.45) is 0. The van der Waals surface area contributed by atoms with Crippen LogP contribution >= 0.6 is 15.9 Å². The lowest BCUT2D eigenvalue weighted by atomic mass is 10.1. The van der Waals surface area contributed by atoms with Crippen LogP contribution in [0.2, 0.25) is 0 Å². The number of nitrogens with one attached hydrogen (secondary N) is 2. The molecule has 3 N–H and O–H groups in total. The maximum absolute atomic E-state index is 11.6. The Morgan fingerprint density at radius 1 is 1.25 bits per heavy atom. The fourth-order valence-electron chi connectivity index (χ4n) is 1.81. The van der Waals surface area contributed by atoms with E-state index >= 15 is 0 Å². The lowest BCUT2D eigenvalue weighted by molar-refractivity contribution is 0.0963. The third kappa shape index (κ3) is 3.51. The van der Waals surface area contributed by atoms with Crippen molar-refractivity contribution in [1.82, 2.24) is 5.32 Å². The maximum atomic E-state index is 11.6. The standard InChI is InChI=1S/C15H15BrN2O2/c1-17-15(20)10-3-2-4-13(8-10)18-9-11-7-12(16)5-6-14(11)19/h2-8,18-19H,9H2,1H3,(H,17,20). The third-order valence-corrected chi connectivity index (χ3v) is 3.37. The second-order valence-corrected chi connectivity index (χ2v) is 5.20. The number of anilines is 1. The van der Waals surface area contributed by atoms with Gasteiger partial charge in [0, 0.05) is 34.9 Å². The summed E-state index contributed by atoms with van der Waals surface area (Å²) in [5.41, 5.74) is 2.20. The van der Waals surface area contributed by atoms with E-state index in [1.165, 1.54) is 0 Å². The lowest BCUT2D eigenvalue weighted by Crippen LogP contribution is -2.17. The molecule has 2 aromatic rings. The lowest BCUT2D eigenvalue weighted by Gasteiger charge is -2.10. The zero-order chi connectivity index (χ0) is 14.5. The minimum atomic E-state index is -0.126. The number of phenols is 1. The van der Waals surface area contributed by atoms with E-state index in [1.807, 2.05) is 18.2 Å². The molecule has 0 radical (unpaired) electrons. The number of amides is 1. The Morgan fingerprint density at radius 2 is 2.05 bits per heavy atom. The van der Waals surface area contributed by atoms with Crippen LogP contribution in [0.15, 0.2) is 46.9 Å². The van der Waals surface area contributed by atoms with Crippen LogP contribution < -0.4 is 10.6 Å². The monoisotopic (exact) mass is 334 g/mol. The molecule has 0 aromatic heterocycles. The first kappa shape index (κ1) is 14.4. The van der Waals surface area contributed by atoms with Crippen molar-refractivity contribution < 1.29 is 9.90 Å². The molecule has 104 valence electrons. The average Bonchev–Trinajstić information content (AvgIpc) is 2.47. The highest BCUT2D eigenvalue weighted by Gasteiger charge is 2.05. The average molecular weight is 335 g/mol. The van der Waals surface area contributed by atoms with E-state index in [2.05, 4.69) is 26.6 Å². The van der Waals surface area contributed by atoms with E-state index in [4.69, 9.17) is 0 Å². The minimum Gasteiger partial charge on any atom is -0.508 e. The van der Waals surface area contributed by atoms with E-state index in [-0.39, 0.29) is 11.7 Å². The van der Waals surface area contributed by atoms with Crippen molar-refractivity contribution in [3.63, 3.8) is 0 Å². The Kier molecular flexibility index (Phi) is 4.63. The fraction of sp³-hybridized carbons (Fsp3) is 0.133. The number of carbonyl (C=O) groups excluding carboxylic acids is 1. The van der Waals surface area contributed by atoms with Gasteiger partial charge in [-0.1, -0.05) is 22.0 Å². The quantitative estimate of drug-likeness (QED) is 0.805. The number of aromatic hydroxyl groups is 1. The van der Waals surface area contributed by atoms with E-state index in [0.29, 0.717) is 12.1 Å². The molecular weight excluding hydrogens is 320 g/mol. The van der Waals surface area contributed by atoms with Crippen molar-refractivity contribution in [3.05, 3.63) is 58.1 Å².